The van der Waals surface area contributed by atoms with Gasteiger partial charge in [0.05, 0.1) is 5.71 Å². The highest BCUT2D eigenvalue weighted by Gasteiger charge is 2.38. The Balaban J connectivity index is 2.89. The molecule has 0 bridgehead atoms. The summed E-state index contributed by atoms with van der Waals surface area (Å²) in [4.78, 5) is 5.09. The van der Waals surface area contributed by atoms with E-state index in [1.54, 1.807) is 0 Å². The van der Waals surface area contributed by atoms with Crippen LogP contribution in [0.4, 0.5) is 0 Å². The van der Waals surface area contributed by atoms with Crippen LogP contribution in [0.5, 0.6) is 0 Å². The molecule has 0 aromatic rings. The van der Waals surface area contributed by atoms with Crippen molar-refractivity contribution in [1.82, 2.24) is 0 Å². The van der Waals surface area contributed by atoms with Gasteiger partial charge in [-0.05, 0) is 0 Å². The summed E-state index contributed by atoms with van der Waals surface area (Å²) in [6.07, 6.45) is 0. The topological polar surface area (TPSA) is 21.6 Å². The maximum atomic E-state index is 5.09. The standard InChI is InChI=1S/C9H17NO/c1-8(2,3)7-9(4,5)6-11-10-7/h6H2,1-5H3. The number of hydrogen-bond donors (Lipinski definition) is 0. The lowest BCUT2D eigenvalue weighted by Gasteiger charge is -2.27. The molecular formula is C9H17NO. The van der Waals surface area contributed by atoms with Crippen LogP contribution in [0.1, 0.15) is 34.6 Å². The van der Waals surface area contributed by atoms with Gasteiger partial charge in [0.15, 0.2) is 0 Å². The zero-order chi connectivity index (χ0) is 8.70. The van der Waals surface area contributed by atoms with Gasteiger partial charge in [0.25, 0.3) is 0 Å². The minimum Gasteiger partial charge on any atom is -0.395 e. The largest absolute Gasteiger partial charge is 0.395 e. The highest BCUT2D eigenvalue weighted by Crippen LogP contribution is 2.34. The van der Waals surface area contributed by atoms with Crippen LogP contribution in [0, 0.1) is 10.8 Å². The monoisotopic (exact) mass is 155 g/mol. The van der Waals surface area contributed by atoms with Crippen LogP contribution in [0.25, 0.3) is 0 Å². The normalized spacial score (nSPS) is 22.8. The maximum absolute atomic E-state index is 5.09. The Kier molecular flexibility index (Phi) is 1.73. The van der Waals surface area contributed by atoms with Gasteiger partial charge in [-0.15, -0.1) is 0 Å². The molecule has 0 radical (unpaired) electrons. The first kappa shape index (κ1) is 8.57. The molecule has 0 saturated carbocycles. The van der Waals surface area contributed by atoms with E-state index in [2.05, 4.69) is 39.8 Å². The lowest BCUT2D eigenvalue weighted by atomic mass is 9.75. The molecule has 0 N–H and O–H groups in total. The van der Waals surface area contributed by atoms with Crippen LogP contribution in [0.3, 0.4) is 0 Å². The third kappa shape index (κ3) is 1.55. The summed E-state index contributed by atoms with van der Waals surface area (Å²) >= 11 is 0. The molecule has 0 spiro atoms. The van der Waals surface area contributed by atoms with E-state index < -0.39 is 0 Å². The van der Waals surface area contributed by atoms with E-state index in [0.29, 0.717) is 0 Å². The zero-order valence-corrected chi connectivity index (χ0v) is 8.06. The summed E-state index contributed by atoms with van der Waals surface area (Å²) < 4.78 is 0. The molecule has 0 fully saturated rings. The van der Waals surface area contributed by atoms with E-state index in [4.69, 9.17) is 4.84 Å². The summed E-state index contributed by atoms with van der Waals surface area (Å²) in [6.45, 7) is 11.6. The van der Waals surface area contributed by atoms with Gasteiger partial charge in [-0.1, -0.05) is 39.8 Å². The van der Waals surface area contributed by atoms with Gasteiger partial charge in [-0.2, -0.15) is 0 Å². The van der Waals surface area contributed by atoms with Crippen molar-refractivity contribution in [2.24, 2.45) is 16.0 Å². The van der Waals surface area contributed by atoms with Crippen molar-refractivity contribution in [3.8, 4) is 0 Å². The number of nitrogens with zero attached hydrogens (tertiary/aromatic N) is 1. The van der Waals surface area contributed by atoms with Crippen LogP contribution >= 0.6 is 0 Å². The van der Waals surface area contributed by atoms with E-state index in [1.165, 1.54) is 5.71 Å². The van der Waals surface area contributed by atoms with Crippen molar-refractivity contribution in [1.29, 1.82) is 0 Å². The molecule has 0 amide bonds. The summed E-state index contributed by atoms with van der Waals surface area (Å²) in [7, 11) is 0. The quantitative estimate of drug-likeness (QED) is 0.526. The molecule has 1 aliphatic rings. The fourth-order valence-electron chi connectivity index (χ4n) is 1.60. The lowest BCUT2D eigenvalue weighted by molar-refractivity contribution is 0.132. The van der Waals surface area contributed by atoms with Gasteiger partial charge < -0.3 is 4.84 Å². The van der Waals surface area contributed by atoms with Gasteiger partial charge in [0.1, 0.15) is 6.61 Å². The Morgan fingerprint density at radius 3 is 2.09 bits per heavy atom. The van der Waals surface area contributed by atoms with Gasteiger partial charge in [0.2, 0.25) is 0 Å². The first-order chi connectivity index (χ1) is 4.84. The highest BCUT2D eigenvalue weighted by atomic mass is 16.6. The lowest BCUT2D eigenvalue weighted by Crippen LogP contribution is -2.33. The molecule has 0 aromatic heterocycles. The molecule has 64 valence electrons. The SMILES string of the molecule is CC(C)(C)C1=NOCC1(C)C. The highest BCUT2D eigenvalue weighted by molar-refractivity contribution is 5.94. The smallest absolute Gasteiger partial charge is 0.127 e. The molecular weight excluding hydrogens is 138 g/mol. The fraction of sp³-hybridized carbons (Fsp3) is 0.889. The fourth-order valence-corrected chi connectivity index (χ4v) is 1.60. The van der Waals surface area contributed by atoms with E-state index >= 15 is 0 Å². The van der Waals surface area contributed by atoms with Crippen LogP contribution in [-0.2, 0) is 4.84 Å². The zero-order valence-electron chi connectivity index (χ0n) is 8.06. The van der Waals surface area contributed by atoms with E-state index in [1.807, 2.05) is 0 Å². The molecule has 11 heavy (non-hydrogen) atoms. The summed E-state index contributed by atoms with van der Waals surface area (Å²) in [5.74, 6) is 0. The van der Waals surface area contributed by atoms with Crippen LogP contribution < -0.4 is 0 Å². The van der Waals surface area contributed by atoms with Gasteiger partial charge in [-0.3, -0.25) is 0 Å². The predicted octanol–water partition coefficient (Wildman–Crippen LogP) is 2.44. The number of oxime groups is 1. The maximum Gasteiger partial charge on any atom is 0.127 e. The Hall–Kier alpha value is -0.530. The van der Waals surface area contributed by atoms with E-state index in [9.17, 15) is 0 Å². The van der Waals surface area contributed by atoms with Crippen molar-refractivity contribution < 1.29 is 4.84 Å². The Morgan fingerprint density at radius 1 is 1.36 bits per heavy atom. The number of rotatable bonds is 0. The molecule has 0 aliphatic carbocycles. The Bertz CT molecular complexity index is 186. The predicted molar refractivity (Wildman–Crippen MR) is 46.6 cm³/mol. The average Bonchev–Trinajstić information content (AvgIpc) is 2.06. The van der Waals surface area contributed by atoms with Crippen molar-refractivity contribution in [3.63, 3.8) is 0 Å². The van der Waals surface area contributed by atoms with Gasteiger partial charge in [-0.25, -0.2) is 0 Å². The molecule has 0 unspecified atom stereocenters. The molecule has 2 heteroatoms. The molecule has 2 nitrogen and oxygen atoms in total. The van der Waals surface area contributed by atoms with Crippen molar-refractivity contribution >= 4 is 5.71 Å². The minimum atomic E-state index is 0.123. The first-order valence-electron chi connectivity index (χ1n) is 4.05. The van der Waals surface area contributed by atoms with Gasteiger partial charge >= 0.3 is 0 Å². The van der Waals surface area contributed by atoms with Crippen LogP contribution in [0.15, 0.2) is 5.16 Å². The summed E-state index contributed by atoms with van der Waals surface area (Å²) in [6, 6.07) is 0. The third-order valence-electron chi connectivity index (χ3n) is 1.93. The second-order valence-corrected chi connectivity index (χ2v) is 4.85. The van der Waals surface area contributed by atoms with E-state index in [0.717, 1.165) is 6.61 Å². The van der Waals surface area contributed by atoms with E-state index in [-0.39, 0.29) is 10.8 Å². The average molecular weight is 155 g/mol. The summed E-state index contributed by atoms with van der Waals surface area (Å²) in [5.41, 5.74) is 1.43. The first-order valence-corrected chi connectivity index (χ1v) is 4.05. The Labute approximate surface area is 68.6 Å². The Morgan fingerprint density at radius 2 is 1.91 bits per heavy atom. The molecule has 1 heterocycles. The van der Waals surface area contributed by atoms with Crippen molar-refractivity contribution in [2.45, 2.75) is 34.6 Å². The third-order valence-corrected chi connectivity index (χ3v) is 1.93. The van der Waals surface area contributed by atoms with Crippen LogP contribution in [-0.4, -0.2) is 12.3 Å². The number of hydrogen-bond acceptors (Lipinski definition) is 2. The summed E-state index contributed by atoms with van der Waals surface area (Å²) in [5, 5.41) is 4.08. The molecule has 1 aliphatic heterocycles. The molecule has 0 saturated heterocycles. The molecule has 1 rings (SSSR count). The minimum absolute atomic E-state index is 0.123. The van der Waals surface area contributed by atoms with Crippen LogP contribution in [0.2, 0.25) is 0 Å². The van der Waals surface area contributed by atoms with Crippen molar-refractivity contribution in [3.05, 3.63) is 0 Å². The molecule has 0 aromatic carbocycles. The molecule has 0 atom stereocenters. The van der Waals surface area contributed by atoms with Crippen molar-refractivity contribution in [2.75, 3.05) is 6.61 Å². The second kappa shape index (κ2) is 2.23. The van der Waals surface area contributed by atoms with Gasteiger partial charge in [0, 0.05) is 10.8 Å². The second-order valence-electron chi connectivity index (χ2n) is 4.85.